The lowest BCUT2D eigenvalue weighted by Crippen LogP contribution is -2.36. The first-order valence-electron chi connectivity index (χ1n) is 11.1. The molecule has 7 nitrogen and oxygen atoms in total. The summed E-state index contributed by atoms with van der Waals surface area (Å²) in [5.41, 5.74) is 3.12. The van der Waals surface area contributed by atoms with Crippen LogP contribution in [-0.2, 0) is 16.1 Å². The summed E-state index contributed by atoms with van der Waals surface area (Å²) in [7, 11) is 0. The van der Waals surface area contributed by atoms with Crippen LogP contribution >= 0.6 is 0 Å². The van der Waals surface area contributed by atoms with E-state index in [1.807, 2.05) is 37.3 Å². The lowest BCUT2D eigenvalue weighted by Gasteiger charge is -2.19. The van der Waals surface area contributed by atoms with E-state index in [1.54, 1.807) is 56.3 Å². The maximum absolute atomic E-state index is 13.2. The van der Waals surface area contributed by atoms with Crippen molar-refractivity contribution < 1.29 is 23.5 Å². The minimum atomic E-state index is -1.11. The van der Waals surface area contributed by atoms with E-state index in [9.17, 15) is 14.4 Å². The van der Waals surface area contributed by atoms with Gasteiger partial charge in [0.2, 0.25) is 0 Å². The summed E-state index contributed by atoms with van der Waals surface area (Å²) in [6.45, 7) is 5.32. The molecule has 0 saturated heterocycles. The Balaban J connectivity index is 1.57. The van der Waals surface area contributed by atoms with Crippen LogP contribution in [0.25, 0.3) is 11.0 Å². The largest absolute Gasteiger partial charge is 0.445 e. The van der Waals surface area contributed by atoms with Crippen LogP contribution in [0.3, 0.4) is 0 Å². The van der Waals surface area contributed by atoms with Gasteiger partial charge in [-0.1, -0.05) is 60.7 Å². The number of hydrogen-bond acceptors (Lipinski definition) is 6. The van der Waals surface area contributed by atoms with E-state index in [2.05, 4.69) is 5.32 Å². The predicted octanol–water partition coefficient (Wildman–Crippen LogP) is 5.29. The highest BCUT2D eigenvalue weighted by atomic mass is 16.6. The van der Waals surface area contributed by atoms with E-state index in [0.717, 1.165) is 16.5 Å². The number of esters is 1. The summed E-state index contributed by atoms with van der Waals surface area (Å²) in [6, 6.07) is 20.3. The molecule has 0 spiro atoms. The van der Waals surface area contributed by atoms with Gasteiger partial charge in [-0.25, -0.2) is 14.4 Å². The van der Waals surface area contributed by atoms with Crippen LogP contribution in [0, 0.1) is 20.8 Å². The highest BCUT2D eigenvalue weighted by Gasteiger charge is 2.26. The number of aryl methyl sites for hydroxylation is 2. The van der Waals surface area contributed by atoms with Crippen LogP contribution in [-0.4, -0.2) is 12.1 Å². The van der Waals surface area contributed by atoms with Gasteiger partial charge in [0.05, 0.1) is 0 Å². The van der Waals surface area contributed by atoms with Crippen molar-refractivity contribution in [2.75, 3.05) is 0 Å². The molecular weight excluding hydrogens is 446 g/mol. The first-order chi connectivity index (χ1) is 16.8. The van der Waals surface area contributed by atoms with Gasteiger partial charge >= 0.3 is 17.7 Å². The molecule has 35 heavy (non-hydrogen) atoms. The number of carbonyl (C=O) groups is 2. The zero-order valence-corrected chi connectivity index (χ0v) is 19.7. The number of rotatable bonds is 6. The van der Waals surface area contributed by atoms with Crippen LogP contribution in [0.1, 0.15) is 33.9 Å². The average molecular weight is 472 g/mol. The summed E-state index contributed by atoms with van der Waals surface area (Å²) >= 11 is 0. The Hall–Kier alpha value is -4.39. The zero-order chi connectivity index (χ0) is 24.9. The molecule has 7 heteroatoms. The molecule has 0 fully saturated rings. The average Bonchev–Trinajstić information content (AvgIpc) is 2.87. The second kappa shape index (κ2) is 10.3. The Labute approximate surface area is 202 Å². The summed E-state index contributed by atoms with van der Waals surface area (Å²) in [4.78, 5) is 37.9. The molecule has 0 aliphatic rings. The molecule has 0 aliphatic carbocycles. The molecule has 0 saturated carbocycles. The third kappa shape index (κ3) is 5.24. The van der Waals surface area contributed by atoms with Crippen molar-refractivity contribution in [3.05, 3.63) is 111 Å². The molecule has 0 aliphatic heterocycles. The molecular formula is C28H25NO6. The summed E-state index contributed by atoms with van der Waals surface area (Å²) in [6.07, 6.45) is -0.757. The molecule has 0 bridgehead atoms. The maximum atomic E-state index is 13.2. The van der Waals surface area contributed by atoms with Crippen LogP contribution in [0.2, 0.25) is 0 Å². The van der Waals surface area contributed by atoms with Gasteiger partial charge in [0, 0.05) is 16.5 Å². The van der Waals surface area contributed by atoms with Crippen LogP contribution < -0.4 is 15.7 Å². The van der Waals surface area contributed by atoms with Crippen LogP contribution in [0.5, 0.6) is 5.75 Å². The minimum absolute atomic E-state index is 0.0603. The third-order valence-electron chi connectivity index (χ3n) is 5.88. The SMILES string of the molecule is Cc1c(C)c2ccc(OC(=O)[C@@H](NC(=O)OCc3ccccc3)c3ccccc3)c(C)c2oc1=O. The van der Waals surface area contributed by atoms with Gasteiger partial charge in [-0.05, 0) is 49.6 Å². The van der Waals surface area contributed by atoms with Gasteiger partial charge in [0.1, 0.15) is 17.9 Å². The number of amides is 1. The van der Waals surface area contributed by atoms with E-state index >= 15 is 0 Å². The van der Waals surface area contributed by atoms with Gasteiger partial charge in [-0.15, -0.1) is 0 Å². The van der Waals surface area contributed by atoms with Crippen molar-refractivity contribution in [1.29, 1.82) is 0 Å². The summed E-state index contributed by atoms with van der Waals surface area (Å²) in [5.74, 6) is -0.476. The van der Waals surface area contributed by atoms with E-state index in [1.165, 1.54) is 0 Å². The van der Waals surface area contributed by atoms with Gasteiger partial charge in [0.25, 0.3) is 0 Å². The van der Waals surface area contributed by atoms with Crippen LogP contribution in [0.15, 0.2) is 82.0 Å². The Morgan fingerprint density at radius 2 is 1.51 bits per heavy atom. The highest BCUT2D eigenvalue weighted by molar-refractivity contribution is 5.88. The van der Waals surface area contributed by atoms with Gasteiger partial charge in [-0.3, -0.25) is 0 Å². The quantitative estimate of drug-likeness (QED) is 0.233. The van der Waals surface area contributed by atoms with Crippen molar-refractivity contribution in [2.45, 2.75) is 33.4 Å². The van der Waals surface area contributed by atoms with Crippen molar-refractivity contribution >= 4 is 23.0 Å². The first kappa shape index (κ1) is 23.8. The minimum Gasteiger partial charge on any atom is -0.445 e. The number of nitrogens with one attached hydrogen (secondary N) is 1. The monoisotopic (exact) mass is 471 g/mol. The number of fused-ring (bicyclic) bond motifs is 1. The normalized spacial score (nSPS) is 11.6. The van der Waals surface area contributed by atoms with Crippen molar-refractivity contribution in [3.8, 4) is 5.75 Å². The second-order valence-electron chi connectivity index (χ2n) is 8.18. The smallest absolute Gasteiger partial charge is 0.408 e. The summed E-state index contributed by atoms with van der Waals surface area (Å²) in [5, 5.41) is 3.36. The molecule has 178 valence electrons. The molecule has 4 aromatic rings. The number of benzene rings is 3. The van der Waals surface area contributed by atoms with Crippen LogP contribution in [0.4, 0.5) is 4.79 Å². The molecule has 1 amide bonds. The Morgan fingerprint density at radius 1 is 0.857 bits per heavy atom. The molecule has 1 N–H and O–H groups in total. The number of carbonyl (C=O) groups excluding carboxylic acids is 2. The lowest BCUT2D eigenvalue weighted by atomic mass is 10.0. The van der Waals surface area contributed by atoms with Crippen molar-refractivity contribution in [1.82, 2.24) is 5.32 Å². The lowest BCUT2D eigenvalue weighted by molar-refractivity contribution is -0.136. The van der Waals surface area contributed by atoms with Gasteiger partial charge < -0.3 is 19.2 Å². The molecule has 0 radical (unpaired) electrons. The zero-order valence-electron chi connectivity index (χ0n) is 19.7. The Kier molecular flexibility index (Phi) is 6.96. The number of hydrogen-bond donors (Lipinski definition) is 1. The first-order valence-corrected chi connectivity index (χ1v) is 11.1. The number of alkyl carbamates (subject to hydrolysis) is 1. The van der Waals surface area contributed by atoms with E-state index < -0.39 is 23.7 Å². The van der Waals surface area contributed by atoms with E-state index in [4.69, 9.17) is 13.9 Å². The molecule has 1 heterocycles. The van der Waals surface area contributed by atoms with Crippen molar-refractivity contribution in [2.24, 2.45) is 0 Å². The Bertz CT molecular complexity index is 1430. The maximum Gasteiger partial charge on any atom is 0.408 e. The molecule has 0 unspecified atom stereocenters. The molecule has 1 atom stereocenters. The second-order valence-corrected chi connectivity index (χ2v) is 8.18. The standard InChI is InChI=1S/C28H25NO6/c1-17-18(2)26(30)35-25-19(3)23(15-14-22(17)25)34-27(31)24(21-12-8-5-9-13-21)29-28(32)33-16-20-10-6-4-7-11-20/h4-15,24H,16H2,1-3H3,(H,29,32)/t24-/m0/s1. The fraction of sp³-hybridized carbons (Fsp3) is 0.179. The van der Waals surface area contributed by atoms with E-state index in [-0.39, 0.29) is 12.4 Å². The fourth-order valence-corrected chi connectivity index (χ4v) is 3.71. The molecule has 1 aromatic heterocycles. The van der Waals surface area contributed by atoms with E-state index in [0.29, 0.717) is 22.3 Å². The topological polar surface area (TPSA) is 94.8 Å². The number of ether oxygens (including phenoxy) is 2. The highest BCUT2D eigenvalue weighted by Crippen LogP contribution is 2.30. The fourth-order valence-electron chi connectivity index (χ4n) is 3.71. The van der Waals surface area contributed by atoms with Crippen molar-refractivity contribution in [3.63, 3.8) is 0 Å². The van der Waals surface area contributed by atoms with Gasteiger partial charge in [0.15, 0.2) is 6.04 Å². The summed E-state index contributed by atoms with van der Waals surface area (Å²) < 4.78 is 16.4. The molecule has 3 aromatic carbocycles. The van der Waals surface area contributed by atoms with Gasteiger partial charge in [-0.2, -0.15) is 0 Å². The Morgan fingerprint density at radius 3 is 2.20 bits per heavy atom. The third-order valence-corrected chi connectivity index (χ3v) is 5.88. The molecule has 4 rings (SSSR count). The predicted molar refractivity (Wildman–Crippen MR) is 131 cm³/mol.